The fourth-order valence-corrected chi connectivity index (χ4v) is 3.08. The number of hydrogen-bond acceptors (Lipinski definition) is 2. The van der Waals surface area contributed by atoms with Crippen LogP contribution in [0.15, 0.2) is 48.5 Å². The van der Waals surface area contributed by atoms with E-state index in [1.807, 2.05) is 18.2 Å². The molecular weight excluding hydrogens is 307 g/mol. The largest absolute Gasteiger partial charge is 0.497 e. The molecule has 24 heavy (non-hydrogen) atoms. The molecule has 2 aromatic rings. The van der Waals surface area contributed by atoms with E-state index in [-0.39, 0.29) is 11.5 Å². The number of benzene rings is 2. The van der Waals surface area contributed by atoms with Crippen molar-refractivity contribution in [2.75, 3.05) is 33.3 Å². The Morgan fingerprint density at radius 1 is 1.17 bits per heavy atom. The van der Waals surface area contributed by atoms with Gasteiger partial charge in [-0.05, 0) is 24.3 Å². The molecule has 1 aliphatic heterocycles. The third-order valence-corrected chi connectivity index (χ3v) is 4.45. The second kappa shape index (κ2) is 7.45. The Bertz CT molecular complexity index is 712. The number of halogens is 1. The van der Waals surface area contributed by atoms with Crippen LogP contribution in [0.5, 0.6) is 5.75 Å². The summed E-state index contributed by atoms with van der Waals surface area (Å²) in [7, 11) is 1.67. The van der Waals surface area contributed by atoms with E-state index < -0.39 is 5.82 Å². The van der Waals surface area contributed by atoms with E-state index in [1.54, 1.807) is 30.2 Å². The summed E-state index contributed by atoms with van der Waals surface area (Å²) in [6, 6.07) is 14.2. The van der Waals surface area contributed by atoms with Gasteiger partial charge in [0.1, 0.15) is 18.1 Å². The maximum absolute atomic E-state index is 13.8. The van der Waals surface area contributed by atoms with Gasteiger partial charge < -0.3 is 14.5 Å². The summed E-state index contributed by atoms with van der Waals surface area (Å²) in [4.78, 5) is 15.6. The van der Waals surface area contributed by atoms with Gasteiger partial charge in [0.2, 0.25) is 0 Å². The van der Waals surface area contributed by atoms with Crippen molar-refractivity contribution in [1.29, 1.82) is 0 Å². The number of carbonyl (C=O) groups is 1. The smallest absolute Gasteiger partial charge is 0.257 e. The highest BCUT2D eigenvalue weighted by atomic mass is 19.1. The summed E-state index contributed by atoms with van der Waals surface area (Å²) in [6.45, 7) is 3.91. The Kier molecular flexibility index (Phi) is 5.11. The molecular formula is C19H22FN2O2+. The van der Waals surface area contributed by atoms with Crippen LogP contribution in [0.2, 0.25) is 0 Å². The molecule has 1 saturated heterocycles. The number of hydrogen-bond donors (Lipinski definition) is 1. The number of nitrogens with one attached hydrogen (secondary N) is 1. The second-order valence-corrected chi connectivity index (χ2v) is 6.05. The standard InChI is InChI=1S/C19H21FN2O2/c1-24-16-6-4-5-15(13-16)14-21-9-11-22(12-10-21)19(23)17-7-2-3-8-18(17)20/h2-8,13H,9-12,14H2,1H3/p+1. The van der Waals surface area contributed by atoms with Crippen LogP contribution in [0.4, 0.5) is 4.39 Å². The summed E-state index contributed by atoms with van der Waals surface area (Å²) in [6.07, 6.45) is 0. The first-order chi connectivity index (χ1) is 11.7. The highest BCUT2D eigenvalue weighted by molar-refractivity contribution is 5.94. The first-order valence-electron chi connectivity index (χ1n) is 8.17. The predicted molar refractivity (Wildman–Crippen MR) is 89.7 cm³/mol. The average Bonchev–Trinajstić information content (AvgIpc) is 2.62. The predicted octanol–water partition coefficient (Wildman–Crippen LogP) is 1.38. The molecule has 3 rings (SSSR count). The summed E-state index contributed by atoms with van der Waals surface area (Å²) < 4.78 is 19.0. The molecule has 0 unspecified atom stereocenters. The maximum atomic E-state index is 13.8. The Labute approximate surface area is 141 Å². The van der Waals surface area contributed by atoms with Gasteiger partial charge >= 0.3 is 0 Å². The Balaban J connectivity index is 1.57. The van der Waals surface area contributed by atoms with Gasteiger partial charge in [-0.3, -0.25) is 4.79 Å². The molecule has 0 bridgehead atoms. The van der Waals surface area contributed by atoms with Gasteiger partial charge in [-0.2, -0.15) is 0 Å². The molecule has 0 spiro atoms. The quantitative estimate of drug-likeness (QED) is 0.919. The second-order valence-electron chi connectivity index (χ2n) is 6.05. The summed E-state index contributed by atoms with van der Waals surface area (Å²) in [5, 5.41) is 0. The molecule has 0 saturated carbocycles. The van der Waals surface area contributed by atoms with Gasteiger partial charge in [-0.15, -0.1) is 0 Å². The zero-order valence-corrected chi connectivity index (χ0v) is 13.8. The molecule has 0 radical (unpaired) electrons. The van der Waals surface area contributed by atoms with Crippen molar-refractivity contribution < 1.29 is 18.8 Å². The zero-order chi connectivity index (χ0) is 16.9. The Morgan fingerprint density at radius 3 is 2.62 bits per heavy atom. The van der Waals surface area contributed by atoms with Gasteiger partial charge in [-0.25, -0.2) is 4.39 Å². The monoisotopic (exact) mass is 329 g/mol. The molecule has 4 nitrogen and oxygen atoms in total. The summed E-state index contributed by atoms with van der Waals surface area (Å²) in [5.74, 6) is 0.197. The Morgan fingerprint density at radius 2 is 1.92 bits per heavy atom. The first kappa shape index (κ1) is 16.5. The third kappa shape index (κ3) is 3.74. The summed E-state index contributed by atoms with van der Waals surface area (Å²) >= 11 is 0. The van der Waals surface area contributed by atoms with Crippen LogP contribution >= 0.6 is 0 Å². The highest BCUT2D eigenvalue weighted by Gasteiger charge is 2.26. The van der Waals surface area contributed by atoms with Crippen LogP contribution in [0, 0.1) is 5.82 Å². The van der Waals surface area contributed by atoms with E-state index in [2.05, 4.69) is 6.07 Å². The first-order valence-corrected chi connectivity index (χ1v) is 8.17. The van der Waals surface area contributed by atoms with Gasteiger partial charge in [-0.1, -0.05) is 24.3 Å². The molecule has 1 N–H and O–H groups in total. The molecule has 5 heteroatoms. The topological polar surface area (TPSA) is 34.0 Å². The number of piperazine rings is 1. The van der Waals surface area contributed by atoms with Crippen molar-refractivity contribution in [3.05, 3.63) is 65.5 Å². The van der Waals surface area contributed by atoms with Crippen molar-refractivity contribution >= 4 is 5.91 Å². The molecule has 0 aliphatic carbocycles. The molecule has 1 heterocycles. The third-order valence-electron chi connectivity index (χ3n) is 4.45. The fraction of sp³-hybridized carbons (Fsp3) is 0.316. The van der Waals surface area contributed by atoms with Crippen LogP contribution in [0.25, 0.3) is 0 Å². The van der Waals surface area contributed by atoms with Gasteiger partial charge in [0, 0.05) is 5.56 Å². The lowest BCUT2D eigenvalue weighted by Gasteiger charge is -2.32. The van der Waals surface area contributed by atoms with Crippen molar-refractivity contribution in [2.24, 2.45) is 0 Å². The highest BCUT2D eigenvalue weighted by Crippen LogP contribution is 2.12. The number of carbonyl (C=O) groups excluding carboxylic acids is 1. The summed E-state index contributed by atoms with van der Waals surface area (Å²) in [5.41, 5.74) is 1.38. The lowest BCUT2D eigenvalue weighted by molar-refractivity contribution is -0.917. The van der Waals surface area contributed by atoms with Gasteiger partial charge in [0.15, 0.2) is 0 Å². The van der Waals surface area contributed by atoms with Crippen molar-refractivity contribution in [1.82, 2.24) is 4.90 Å². The molecule has 1 amide bonds. The molecule has 1 fully saturated rings. The van der Waals surface area contributed by atoms with Crippen molar-refractivity contribution in [2.45, 2.75) is 6.54 Å². The van der Waals surface area contributed by atoms with Crippen LogP contribution < -0.4 is 9.64 Å². The minimum absolute atomic E-state index is 0.161. The van der Waals surface area contributed by atoms with E-state index in [4.69, 9.17) is 4.74 Å². The van der Waals surface area contributed by atoms with E-state index >= 15 is 0 Å². The molecule has 0 aromatic heterocycles. The van der Waals surface area contributed by atoms with Crippen LogP contribution in [-0.4, -0.2) is 44.1 Å². The molecule has 126 valence electrons. The number of quaternary nitrogens is 1. The van der Waals surface area contributed by atoms with E-state index in [1.165, 1.54) is 16.5 Å². The molecule has 2 aromatic carbocycles. The maximum Gasteiger partial charge on any atom is 0.257 e. The lowest BCUT2D eigenvalue weighted by Crippen LogP contribution is -3.13. The van der Waals surface area contributed by atoms with E-state index in [0.717, 1.165) is 25.4 Å². The average molecular weight is 329 g/mol. The number of ether oxygens (including phenoxy) is 1. The SMILES string of the molecule is COc1cccc(C[NH+]2CCN(C(=O)c3ccccc3F)CC2)c1. The number of amides is 1. The van der Waals surface area contributed by atoms with Crippen LogP contribution in [0.1, 0.15) is 15.9 Å². The minimum Gasteiger partial charge on any atom is -0.497 e. The van der Waals surface area contributed by atoms with Crippen molar-refractivity contribution in [3.63, 3.8) is 0 Å². The zero-order valence-electron chi connectivity index (χ0n) is 13.8. The van der Waals surface area contributed by atoms with E-state index in [0.29, 0.717) is 13.1 Å². The van der Waals surface area contributed by atoms with Crippen LogP contribution in [-0.2, 0) is 6.54 Å². The van der Waals surface area contributed by atoms with E-state index in [9.17, 15) is 9.18 Å². The normalized spacial score (nSPS) is 15.3. The molecule has 0 atom stereocenters. The van der Waals surface area contributed by atoms with Crippen molar-refractivity contribution in [3.8, 4) is 5.75 Å². The minimum atomic E-state index is -0.450. The number of nitrogens with zero attached hydrogens (tertiary/aromatic N) is 1. The van der Waals surface area contributed by atoms with Gasteiger partial charge in [0.05, 0.1) is 38.9 Å². The Hall–Kier alpha value is -2.40. The van der Waals surface area contributed by atoms with Gasteiger partial charge in [0.25, 0.3) is 5.91 Å². The van der Waals surface area contributed by atoms with Crippen LogP contribution in [0.3, 0.4) is 0 Å². The number of rotatable bonds is 4. The fourth-order valence-electron chi connectivity index (χ4n) is 3.08. The lowest BCUT2D eigenvalue weighted by atomic mass is 10.1. The number of methoxy groups -OCH3 is 1. The molecule has 1 aliphatic rings.